The van der Waals surface area contributed by atoms with Gasteiger partial charge in [-0.2, -0.15) is 5.10 Å². The number of fused-ring (bicyclic) bond motifs is 5. The van der Waals surface area contributed by atoms with Crippen molar-refractivity contribution in [3.8, 4) is 0 Å². The number of benzene rings is 3. The van der Waals surface area contributed by atoms with Crippen molar-refractivity contribution in [2.45, 2.75) is 12.1 Å². The zero-order valence-electron chi connectivity index (χ0n) is 17.6. The summed E-state index contributed by atoms with van der Waals surface area (Å²) in [6, 6.07) is 17.7. The van der Waals surface area contributed by atoms with Gasteiger partial charge in [0, 0.05) is 5.56 Å². The van der Waals surface area contributed by atoms with Gasteiger partial charge in [-0.3, -0.25) is 19.4 Å². The van der Waals surface area contributed by atoms with Gasteiger partial charge in [0.05, 0.1) is 34.8 Å². The first kappa shape index (κ1) is 20.7. The lowest BCUT2D eigenvalue weighted by Gasteiger charge is -2.33. The molecule has 2 fully saturated rings. The van der Waals surface area contributed by atoms with Gasteiger partial charge in [0.1, 0.15) is 11.9 Å². The predicted octanol–water partition coefficient (Wildman–Crippen LogP) is 4.24. The number of imide groups is 1. The van der Waals surface area contributed by atoms with Crippen LogP contribution in [0.4, 0.5) is 10.1 Å². The predicted molar refractivity (Wildman–Crippen MR) is 124 cm³/mol. The van der Waals surface area contributed by atoms with E-state index in [1.54, 1.807) is 35.5 Å². The number of hydrazone groups is 1. The van der Waals surface area contributed by atoms with Gasteiger partial charge in [-0.1, -0.05) is 48.0 Å². The lowest BCUT2D eigenvalue weighted by atomic mass is 9.83. The molecule has 2 amide bonds. The number of hydrogen-bond donors (Lipinski definition) is 0. The molecule has 3 aromatic rings. The van der Waals surface area contributed by atoms with Gasteiger partial charge in [-0.25, -0.2) is 9.29 Å². The number of nitrogens with zero attached hydrogens (tertiary/aromatic N) is 3. The maximum atomic E-state index is 13.8. The standard InChI is InChI=1S/C26H17ClFN3O3/c27-18-7-3-4-8-19(18)30-25(33)20-21(26(30)34)23(24(32)14-9-11-16(28)12-10-14)31-22(20)17-6-2-1-5-15(17)13-29-31/h1-13,20-23H/t20-,21-,22+,23+/m1/s1. The van der Waals surface area contributed by atoms with Crippen molar-refractivity contribution in [3.05, 3.63) is 100 Å². The van der Waals surface area contributed by atoms with Crippen LogP contribution in [-0.4, -0.2) is 34.9 Å². The first-order valence-electron chi connectivity index (χ1n) is 10.8. The minimum absolute atomic E-state index is 0.247. The highest BCUT2D eigenvalue weighted by Crippen LogP contribution is 2.53. The summed E-state index contributed by atoms with van der Waals surface area (Å²) >= 11 is 6.34. The quantitative estimate of drug-likeness (QED) is 0.421. The molecule has 0 aliphatic carbocycles. The number of hydrogen-bond acceptors (Lipinski definition) is 5. The molecule has 0 bridgehead atoms. The lowest BCUT2D eigenvalue weighted by molar-refractivity contribution is -0.124. The summed E-state index contributed by atoms with van der Waals surface area (Å²) in [6.45, 7) is 0. The average Bonchev–Trinajstić information content (AvgIpc) is 3.32. The highest BCUT2D eigenvalue weighted by molar-refractivity contribution is 6.36. The van der Waals surface area contributed by atoms with Crippen LogP contribution in [0.3, 0.4) is 0 Å². The molecule has 0 N–H and O–H groups in total. The van der Waals surface area contributed by atoms with Crippen molar-refractivity contribution in [2.75, 3.05) is 4.90 Å². The molecular weight excluding hydrogens is 457 g/mol. The largest absolute Gasteiger partial charge is 0.292 e. The first-order chi connectivity index (χ1) is 16.5. The molecule has 0 aromatic heterocycles. The summed E-state index contributed by atoms with van der Waals surface area (Å²) in [5.74, 6) is -3.56. The van der Waals surface area contributed by atoms with E-state index in [9.17, 15) is 18.8 Å². The number of anilines is 1. The SMILES string of the molecule is O=C(c1ccc(F)cc1)[C@@H]1[C@@H]2C(=O)N(c3ccccc3Cl)C(=O)[C@H]2[C@@H]2c3ccccc3C=NN12. The van der Waals surface area contributed by atoms with Gasteiger partial charge in [0.15, 0.2) is 5.78 Å². The minimum atomic E-state index is -1.02. The Morgan fingerprint density at radius 1 is 0.882 bits per heavy atom. The minimum Gasteiger partial charge on any atom is -0.292 e. The van der Waals surface area contributed by atoms with Crippen LogP contribution < -0.4 is 4.90 Å². The van der Waals surface area contributed by atoms with Crippen molar-refractivity contribution in [3.63, 3.8) is 0 Å². The Morgan fingerprint density at radius 2 is 1.56 bits per heavy atom. The van der Waals surface area contributed by atoms with E-state index in [0.29, 0.717) is 5.69 Å². The maximum Gasteiger partial charge on any atom is 0.240 e. The van der Waals surface area contributed by atoms with Crippen molar-refractivity contribution in [2.24, 2.45) is 16.9 Å². The van der Waals surface area contributed by atoms with E-state index in [0.717, 1.165) is 16.0 Å². The fourth-order valence-corrected chi connectivity index (χ4v) is 5.54. The zero-order chi connectivity index (χ0) is 23.6. The summed E-state index contributed by atoms with van der Waals surface area (Å²) in [5, 5.41) is 6.35. The van der Waals surface area contributed by atoms with Gasteiger partial charge < -0.3 is 0 Å². The van der Waals surface area contributed by atoms with Crippen molar-refractivity contribution < 1.29 is 18.8 Å². The molecule has 3 aliphatic heterocycles. The van der Waals surface area contributed by atoms with Crippen LogP contribution in [0.2, 0.25) is 5.02 Å². The Morgan fingerprint density at radius 3 is 2.32 bits per heavy atom. The average molecular weight is 474 g/mol. The molecule has 3 aromatic carbocycles. The highest BCUT2D eigenvalue weighted by atomic mass is 35.5. The molecule has 2 saturated heterocycles. The second-order valence-electron chi connectivity index (χ2n) is 8.53. The van der Waals surface area contributed by atoms with Gasteiger partial charge in [0.25, 0.3) is 0 Å². The van der Waals surface area contributed by atoms with Crippen LogP contribution in [0, 0.1) is 17.7 Å². The Labute approximate surface area is 199 Å². The molecule has 34 heavy (non-hydrogen) atoms. The molecule has 3 aliphatic rings. The molecule has 0 radical (unpaired) electrons. The van der Waals surface area contributed by atoms with E-state index in [-0.39, 0.29) is 10.6 Å². The van der Waals surface area contributed by atoms with E-state index in [1.807, 2.05) is 24.3 Å². The number of carbonyl (C=O) groups is 3. The number of carbonyl (C=O) groups excluding carboxylic acids is 3. The van der Waals surface area contributed by atoms with Crippen molar-refractivity contribution >= 4 is 41.1 Å². The summed E-state index contributed by atoms with van der Waals surface area (Å²) in [7, 11) is 0. The fraction of sp³-hybridized carbons (Fsp3) is 0.154. The van der Waals surface area contributed by atoms with Crippen LogP contribution in [0.15, 0.2) is 77.9 Å². The molecule has 8 heteroatoms. The number of rotatable bonds is 3. The van der Waals surface area contributed by atoms with Crippen LogP contribution in [0.1, 0.15) is 27.5 Å². The number of Topliss-reactive ketones (excluding diaryl/α,β-unsaturated/α-hetero) is 1. The third kappa shape index (κ3) is 2.86. The summed E-state index contributed by atoms with van der Waals surface area (Å²) < 4.78 is 13.5. The topological polar surface area (TPSA) is 70.0 Å². The third-order valence-corrected chi connectivity index (χ3v) is 7.10. The van der Waals surface area contributed by atoms with Crippen LogP contribution in [0.25, 0.3) is 0 Å². The molecular formula is C26H17ClFN3O3. The fourth-order valence-electron chi connectivity index (χ4n) is 5.32. The van der Waals surface area contributed by atoms with Crippen LogP contribution >= 0.6 is 11.6 Å². The molecule has 4 atom stereocenters. The van der Waals surface area contributed by atoms with Crippen molar-refractivity contribution in [1.82, 2.24) is 5.01 Å². The number of para-hydroxylation sites is 1. The second-order valence-corrected chi connectivity index (χ2v) is 8.94. The zero-order valence-corrected chi connectivity index (χ0v) is 18.4. The molecule has 6 rings (SSSR count). The smallest absolute Gasteiger partial charge is 0.240 e. The Balaban J connectivity index is 1.51. The third-order valence-electron chi connectivity index (χ3n) is 6.78. The molecule has 6 nitrogen and oxygen atoms in total. The molecule has 3 heterocycles. The van der Waals surface area contributed by atoms with E-state index < -0.39 is 47.3 Å². The highest BCUT2D eigenvalue weighted by Gasteiger charge is 2.65. The summed E-state index contributed by atoms with van der Waals surface area (Å²) in [6.07, 6.45) is 1.64. The van der Waals surface area contributed by atoms with E-state index in [1.165, 1.54) is 24.3 Å². The van der Waals surface area contributed by atoms with Gasteiger partial charge in [-0.15, -0.1) is 0 Å². The second kappa shape index (κ2) is 7.60. The summed E-state index contributed by atoms with van der Waals surface area (Å²) in [4.78, 5) is 42.3. The van der Waals surface area contributed by atoms with Crippen molar-refractivity contribution in [1.29, 1.82) is 0 Å². The van der Waals surface area contributed by atoms with E-state index in [4.69, 9.17) is 11.6 Å². The maximum absolute atomic E-state index is 13.8. The molecule has 168 valence electrons. The normalized spacial score (nSPS) is 24.8. The monoisotopic (exact) mass is 473 g/mol. The van der Waals surface area contributed by atoms with Gasteiger partial charge >= 0.3 is 0 Å². The lowest BCUT2D eigenvalue weighted by Crippen LogP contribution is -2.44. The molecule has 0 spiro atoms. The molecule has 0 unspecified atom stereocenters. The number of halogens is 2. The van der Waals surface area contributed by atoms with Gasteiger partial charge in [0.2, 0.25) is 11.8 Å². The molecule has 0 saturated carbocycles. The van der Waals surface area contributed by atoms with Crippen LogP contribution in [0.5, 0.6) is 0 Å². The Bertz CT molecular complexity index is 1390. The summed E-state index contributed by atoms with van der Waals surface area (Å²) in [5.41, 5.74) is 2.19. The Hall–Kier alpha value is -3.84. The number of ketones is 1. The van der Waals surface area contributed by atoms with E-state index >= 15 is 0 Å². The Kier molecular flexibility index (Phi) is 4.64. The first-order valence-corrected chi connectivity index (χ1v) is 11.2. The van der Waals surface area contributed by atoms with Gasteiger partial charge in [-0.05, 0) is 47.5 Å². The number of amides is 2. The van der Waals surface area contributed by atoms with E-state index in [2.05, 4.69) is 5.10 Å². The van der Waals surface area contributed by atoms with Crippen LogP contribution in [-0.2, 0) is 9.59 Å².